The zero-order valence-electron chi connectivity index (χ0n) is 12.6. The molecule has 2 nitrogen and oxygen atoms in total. The average molecular weight is 348 g/mol. The van der Waals surface area contributed by atoms with Crippen molar-refractivity contribution in [3.05, 3.63) is 64.1 Å². The third-order valence-corrected chi connectivity index (χ3v) is 3.87. The molecule has 112 valence electrons. The molecule has 0 aliphatic carbocycles. The lowest BCUT2D eigenvalue weighted by Crippen LogP contribution is -2.23. The van der Waals surface area contributed by atoms with Crippen molar-refractivity contribution in [3.8, 4) is 5.75 Å². The molecule has 2 aromatic carbocycles. The summed E-state index contributed by atoms with van der Waals surface area (Å²) in [5.74, 6) is 0.973. The molecule has 2 rings (SSSR count). The van der Waals surface area contributed by atoms with Gasteiger partial charge in [0.1, 0.15) is 5.75 Å². The Balaban J connectivity index is 2.26. The number of benzene rings is 2. The van der Waals surface area contributed by atoms with E-state index in [0.29, 0.717) is 6.61 Å². The zero-order valence-corrected chi connectivity index (χ0v) is 14.2. The van der Waals surface area contributed by atoms with Gasteiger partial charge in [0.25, 0.3) is 0 Å². The summed E-state index contributed by atoms with van der Waals surface area (Å²) in [4.78, 5) is 0. The fourth-order valence-corrected chi connectivity index (χ4v) is 2.94. The van der Waals surface area contributed by atoms with Crippen LogP contribution >= 0.6 is 15.9 Å². The second kappa shape index (κ2) is 8.20. The third-order valence-electron chi connectivity index (χ3n) is 3.37. The van der Waals surface area contributed by atoms with Gasteiger partial charge in [-0.3, -0.25) is 0 Å². The van der Waals surface area contributed by atoms with Crippen LogP contribution in [0.25, 0.3) is 0 Å². The van der Waals surface area contributed by atoms with Gasteiger partial charge in [-0.05, 0) is 43.7 Å². The molecule has 0 fully saturated rings. The molecule has 1 N–H and O–H groups in total. The first kappa shape index (κ1) is 16.1. The van der Waals surface area contributed by atoms with E-state index in [1.807, 2.05) is 19.1 Å². The van der Waals surface area contributed by atoms with Gasteiger partial charge in [-0.2, -0.15) is 0 Å². The molecule has 0 aromatic heterocycles. The van der Waals surface area contributed by atoms with Crippen molar-refractivity contribution >= 4 is 15.9 Å². The maximum Gasteiger partial charge on any atom is 0.124 e. The Morgan fingerprint density at radius 3 is 2.62 bits per heavy atom. The van der Waals surface area contributed by atoms with E-state index in [4.69, 9.17) is 4.74 Å². The molecule has 0 saturated carbocycles. The molecule has 0 aliphatic rings. The Kier molecular flexibility index (Phi) is 6.27. The van der Waals surface area contributed by atoms with Crippen molar-refractivity contribution in [1.29, 1.82) is 0 Å². The summed E-state index contributed by atoms with van der Waals surface area (Å²) in [7, 11) is 0. The van der Waals surface area contributed by atoms with Gasteiger partial charge in [-0.25, -0.2) is 0 Å². The first-order valence-corrected chi connectivity index (χ1v) is 8.23. The van der Waals surface area contributed by atoms with Gasteiger partial charge >= 0.3 is 0 Å². The van der Waals surface area contributed by atoms with Crippen LogP contribution in [-0.4, -0.2) is 13.2 Å². The Morgan fingerprint density at radius 2 is 1.90 bits per heavy atom. The second-order valence-electron chi connectivity index (χ2n) is 4.92. The van der Waals surface area contributed by atoms with E-state index in [1.165, 1.54) is 11.1 Å². The van der Waals surface area contributed by atoms with Gasteiger partial charge < -0.3 is 10.1 Å². The summed E-state index contributed by atoms with van der Waals surface area (Å²) >= 11 is 3.54. The second-order valence-corrected chi connectivity index (χ2v) is 5.83. The van der Waals surface area contributed by atoms with Crippen LogP contribution in [-0.2, 0) is 6.42 Å². The summed E-state index contributed by atoms with van der Waals surface area (Å²) in [6.45, 7) is 5.77. The minimum atomic E-state index is 0.257. The van der Waals surface area contributed by atoms with Crippen LogP contribution in [0.1, 0.15) is 31.0 Å². The summed E-state index contributed by atoms with van der Waals surface area (Å²) in [5.41, 5.74) is 2.53. The largest absolute Gasteiger partial charge is 0.494 e. The van der Waals surface area contributed by atoms with Gasteiger partial charge in [0.15, 0.2) is 0 Å². The summed E-state index contributed by atoms with van der Waals surface area (Å²) in [6, 6.07) is 17.0. The molecule has 2 aromatic rings. The number of nitrogens with one attached hydrogen (secondary N) is 1. The molecule has 0 spiro atoms. The summed E-state index contributed by atoms with van der Waals surface area (Å²) in [6.07, 6.45) is 0.942. The fourth-order valence-electron chi connectivity index (χ4n) is 2.49. The van der Waals surface area contributed by atoms with E-state index in [9.17, 15) is 0 Å². The van der Waals surface area contributed by atoms with E-state index in [1.54, 1.807) is 0 Å². The minimum Gasteiger partial charge on any atom is -0.494 e. The zero-order chi connectivity index (χ0) is 15.1. The Bertz CT molecular complexity index is 571. The molecular weight excluding hydrogens is 326 g/mol. The van der Waals surface area contributed by atoms with Crippen LogP contribution < -0.4 is 10.1 Å². The number of para-hydroxylation sites is 1. The van der Waals surface area contributed by atoms with Gasteiger partial charge in [0, 0.05) is 16.1 Å². The molecular formula is C18H22BrNO. The van der Waals surface area contributed by atoms with Crippen molar-refractivity contribution in [3.63, 3.8) is 0 Å². The molecule has 0 radical (unpaired) electrons. The Morgan fingerprint density at radius 1 is 1.10 bits per heavy atom. The third kappa shape index (κ3) is 4.58. The van der Waals surface area contributed by atoms with Crippen LogP contribution in [0.3, 0.4) is 0 Å². The summed E-state index contributed by atoms with van der Waals surface area (Å²) < 4.78 is 6.90. The first-order chi connectivity index (χ1) is 10.2. The smallest absolute Gasteiger partial charge is 0.124 e. The predicted octanol–water partition coefficient (Wildman–Crippen LogP) is 4.74. The Hall–Kier alpha value is -1.32. The lowest BCUT2D eigenvalue weighted by atomic mass is 9.98. The molecule has 1 atom stereocenters. The Labute approximate surface area is 135 Å². The topological polar surface area (TPSA) is 21.3 Å². The van der Waals surface area contributed by atoms with E-state index in [-0.39, 0.29) is 6.04 Å². The molecule has 21 heavy (non-hydrogen) atoms. The number of rotatable bonds is 7. The highest BCUT2D eigenvalue weighted by Gasteiger charge is 2.15. The van der Waals surface area contributed by atoms with Gasteiger partial charge in [-0.1, -0.05) is 53.2 Å². The predicted molar refractivity (Wildman–Crippen MR) is 91.9 cm³/mol. The van der Waals surface area contributed by atoms with Gasteiger partial charge in [-0.15, -0.1) is 0 Å². The lowest BCUT2D eigenvalue weighted by Gasteiger charge is -2.21. The molecule has 3 heteroatoms. The van der Waals surface area contributed by atoms with E-state index in [2.05, 4.69) is 64.6 Å². The van der Waals surface area contributed by atoms with Crippen LogP contribution in [0.5, 0.6) is 5.75 Å². The number of ether oxygens (including phenoxy) is 1. The van der Waals surface area contributed by atoms with Crippen LogP contribution in [0.2, 0.25) is 0 Å². The SMILES string of the molecule is CCNC(Cc1cccc(Br)c1)c1ccccc1OCC. The van der Waals surface area contributed by atoms with Gasteiger partial charge in [0.2, 0.25) is 0 Å². The average Bonchev–Trinajstić information content (AvgIpc) is 2.48. The van der Waals surface area contributed by atoms with Crippen molar-refractivity contribution in [2.24, 2.45) is 0 Å². The van der Waals surface area contributed by atoms with Crippen molar-refractivity contribution < 1.29 is 4.74 Å². The van der Waals surface area contributed by atoms with Crippen LogP contribution in [0.4, 0.5) is 0 Å². The maximum atomic E-state index is 5.78. The van der Waals surface area contributed by atoms with Crippen molar-refractivity contribution in [2.75, 3.05) is 13.2 Å². The lowest BCUT2D eigenvalue weighted by molar-refractivity contribution is 0.331. The van der Waals surface area contributed by atoms with Gasteiger partial charge in [0.05, 0.1) is 6.61 Å². The first-order valence-electron chi connectivity index (χ1n) is 7.44. The highest BCUT2D eigenvalue weighted by Crippen LogP contribution is 2.28. The standard InChI is InChI=1S/C18H22BrNO/c1-3-20-17(13-14-8-7-9-15(19)12-14)16-10-5-6-11-18(16)21-4-2/h5-12,17,20H,3-4,13H2,1-2H3. The molecule has 0 aliphatic heterocycles. The molecule has 0 amide bonds. The highest BCUT2D eigenvalue weighted by molar-refractivity contribution is 9.10. The van der Waals surface area contributed by atoms with Crippen molar-refractivity contribution in [2.45, 2.75) is 26.3 Å². The van der Waals surface area contributed by atoms with E-state index < -0.39 is 0 Å². The number of hydrogen-bond donors (Lipinski definition) is 1. The molecule has 0 saturated heterocycles. The summed E-state index contributed by atoms with van der Waals surface area (Å²) in [5, 5.41) is 3.57. The molecule has 0 bridgehead atoms. The van der Waals surface area contributed by atoms with E-state index >= 15 is 0 Å². The van der Waals surface area contributed by atoms with E-state index in [0.717, 1.165) is 23.2 Å². The monoisotopic (exact) mass is 347 g/mol. The highest BCUT2D eigenvalue weighted by atomic mass is 79.9. The number of likely N-dealkylation sites (N-methyl/N-ethyl adjacent to an activating group) is 1. The number of hydrogen-bond acceptors (Lipinski definition) is 2. The maximum absolute atomic E-state index is 5.78. The molecule has 0 heterocycles. The van der Waals surface area contributed by atoms with Crippen LogP contribution in [0.15, 0.2) is 53.0 Å². The molecule has 1 unspecified atom stereocenters. The number of halogens is 1. The fraction of sp³-hybridized carbons (Fsp3) is 0.333. The quantitative estimate of drug-likeness (QED) is 0.780. The normalized spacial score (nSPS) is 12.1. The van der Waals surface area contributed by atoms with Crippen LogP contribution in [0, 0.1) is 0 Å². The minimum absolute atomic E-state index is 0.257. The van der Waals surface area contributed by atoms with Crippen molar-refractivity contribution in [1.82, 2.24) is 5.32 Å².